The molecule has 1 N–H and O–H groups in total. The van der Waals surface area contributed by atoms with E-state index in [1.165, 1.54) is 58.2 Å². The molecule has 4 nitrogen and oxygen atoms in total. The van der Waals surface area contributed by atoms with Crippen LogP contribution >= 0.6 is 24.8 Å². The highest BCUT2D eigenvalue weighted by atomic mass is 35.5. The maximum Gasteiger partial charge on any atom is 0.236 e. The Morgan fingerprint density at radius 1 is 0.909 bits per heavy atom. The number of amides is 1. The van der Waals surface area contributed by atoms with Gasteiger partial charge in [-0.25, -0.2) is 0 Å². The van der Waals surface area contributed by atoms with E-state index in [1.807, 2.05) is 0 Å². The lowest BCUT2D eigenvalue weighted by atomic mass is 9.96. The monoisotopic (exact) mass is 351 g/mol. The van der Waals surface area contributed by atoms with E-state index in [9.17, 15) is 4.79 Å². The molecule has 0 aromatic rings. The second kappa shape index (κ2) is 9.96. The first kappa shape index (κ1) is 20.0. The maximum absolute atomic E-state index is 12.1. The van der Waals surface area contributed by atoms with Crippen LogP contribution in [0, 0.1) is 11.8 Å². The molecule has 6 heteroatoms. The summed E-state index contributed by atoms with van der Waals surface area (Å²) < 4.78 is 0. The SMILES string of the molecule is Cl.Cl.O=C(CNCC1CC1)N1CCC(CN2CCCC2)CC1. The molecule has 2 saturated heterocycles. The van der Waals surface area contributed by atoms with Gasteiger partial charge in [0.2, 0.25) is 5.91 Å². The summed E-state index contributed by atoms with van der Waals surface area (Å²) in [5.41, 5.74) is 0. The Morgan fingerprint density at radius 3 is 2.14 bits per heavy atom. The van der Waals surface area contributed by atoms with E-state index in [0.717, 1.165) is 31.5 Å². The molecular weight excluding hydrogens is 321 g/mol. The van der Waals surface area contributed by atoms with Crippen LogP contribution in [0.25, 0.3) is 0 Å². The minimum absolute atomic E-state index is 0. The highest BCUT2D eigenvalue weighted by Crippen LogP contribution is 2.27. The van der Waals surface area contributed by atoms with Crippen molar-refractivity contribution in [3.05, 3.63) is 0 Å². The lowest BCUT2D eigenvalue weighted by molar-refractivity contribution is -0.131. The molecule has 0 radical (unpaired) electrons. The maximum atomic E-state index is 12.1. The second-order valence-electron chi connectivity index (χ2n) is 6.91. The zero-order valence-corrected chi connectivity index (χ0v) is 15.1. The lowest BCUT2D eigenvalue weighted by Crippen LogP contribution is -2.44. The van der Waals surface area contributed by atoms with E-state index in [0.29, 0.717) is 12.5 Å². The summed E-state index contributed by atoms with van der Waals surface area (Å²) in [7, 11) is 0. The zero-order valence-electron chi connectivity index (χ0n) is 13.5. The molecule has 3 aliphatic rings. The average Bonchev–Trinajstić information content (AvgIpc) is 3.15. The number of rotatable bonds is 6. The Labute approximate surface area is 147 Å². The molecule has 2 heterocycles. The summed E-state index contributed by atoms with van der Waals surface area (Å²) in [4.78, 5) is 16.8. The first-order valence-electron chi connectivity index (χ1n) is 8.52. The first-order chi connectivity index (χ1) is 9.81. The van der Waals surface area contributed by atoms with Gasteiger partial charge in [-0.3, -0.25) is 4.79 Å². The summed E-state index contributed by atoms with van der Waals surface area (Å²) >= 11 is 0. The van der Waals surface area contributed by atoms with E-state index >= 15 is 0 Å². The normalized spacial score (nSPS) is 23.0. The Kier molecular flexibility index (Phi) is 9.07. The van der Waals surface area contributed by atoms with Crippen LogP contribution in [0.1, 0.15) is 38.5 Å². The number of likely N-dealkylation sites (tertiary alicyclic amines) is 2. The van der Waals surface area contributed by atoms with Crippen molar-refractivity contribution >= 4 is 30.7 Å². The molecule has 1 amide bonds. The van der Waals surface area contributed by atoms with Gasteiger partial charge in [0.25, 0.3) is 0 Å². The number of hydrogen-bond acceptors (Lipinski definition) is 3. The summed E-state index contributed by atoms with van der Waals surface area (Å²) in [6, 6.07) is 0. The summed E-state index contributed by atoms with van der Waals surface area (Å²) in [5.74, 6) is 1.98. The Bertz CT molecular complexity index is 325. The van der Waals surface area contributed by atoms with Gasteiger partial charge in [-0.15, -0.1) is 24.8 Å². The minimum atomic E-state index is 0. The number of halogens is 2. The molecule has 0 spiro atoms. The molecule has 22 heavy (non-hydrogen) atoms. The number of nitrogens with zero attached hydrogens (tertiary/aromatic N) is 2. The molecule has 3 fully saturated rings. The van der Waals surface area contributed by atoms with Crippen LogP contribution in [0.2, 0.25) is 0 Å². The number of carbonyl (C=O) groups is 1. The van der Waals surface area contributed by atoms with Crippen molar-refractivity contribution in [1.29, 1.82) is 0 Å². The molecule has 3 rings (SSSR count). The third kappa shape index (κ3) is 6.23. The van der Waals surface area contributed by atoms with E-state index in [-0.39, 0.29) is 24.8 Å². The highest BCUT2D eigenvalue weighted by Gasteiger charge is 2.25. The van der Waals surface area contributed by atoms with Crippen molar-refractivity contribution in [1.82, 2.24) is 15.1 Å². The smallest absolute Gasteiger partial charge is 0.236 e. The third-order valence-corrected chi connectivity index (χ3v) is 5.09. The summed E-state index contributed by atoms with van der Waals surface area (Å²) in [6.45, 7) is 7.39. The van der Waals surface area contributed by atoms with Gasteiger partial charge in [0.1, 0.15) is 0 Å². The summed E-state index contributed by atoms with van der Waals surface area (Å²) in [6.07, 6.45) is 7.86. The molecular formula is C16H31Cl2N3O. The molecule has 0 aromatic heterocycles. The predicted molar refractivity (Wildman–Crippen MR) is 95.1 cm³/mol. The topological polar surface area (TPSA) is 35.6 Å². The van der Waals surface area contributed by atoms with Crippen LogP contribution in [0.3, 0.4) is 0 Å². The standard InChI is InChI=1S/C16H29N3O.2ClH/c20-16(12-17-11-14-3-4-14)19-9-5-15(6-10-19)13-18-7-1-2-8-18;;/h14-15,17H,1-13H2;2*1H. The number of nitrogens with one attached hydrogen (secondary N) is 1. The van der Waals surface area contributed by atoms with Crippen LogP contribution in [-0.4, -0.2) is 61.5 Å². The quantitative estimate of drug-likeness (QED) is 0.796. The number of carbonyl (C=O) groups excluding carboxylic acids is 1. The third-order valence-electron chi connectivity index (χ3n) is 5.09. The zero-order chi connectivity index (χ0) is 13.8. The largest absolute Gasteiger partial charge is 0.342 e. The van der Waals surface area contributed by atoms with Gasteiger partial charge < -0.3 is 15.1 Å². The lowest BCUT2D eigenvalue weighted by Gasteiger charge is -2.34. The van der Waals surface area contributed by atoms with E-state index in [2.05, 4.69) is 15.1 Å². The molecule has 1 saturated carbocycles. The molecule has 130 valence electrons. The fourth-order valence-corrected chi connectivity index (χ4v) is 3.51. The van der Waals surface area contributed by atoms with Crippen LogP contribution < -0.4 is 5.32 Å². The molecule has 0 aromatic carbocycles. The van der Waals surface area contributed by atoms with Gasteiger partial charge in [0.15, 0.2) is 0 Å². The molecule has 1 aliphatic carbocycles. The van der Waals surface area contributed by atoms with Crippen LogP contribution in [0.4, 0.5) is 0 Å². The van der Waals surface area contributed by atoms with Crippen molar-refractivity contribution in [3.8, 4) is 0 Å². The summed E-state index contributed by atoms with van der Waals surface area (Å²) in [5, 5.41) is 3.31. The Balaban J connectivity index is 0.00000121. The van der Waals surface area contributed by atoms with Gasteiger partial charge in [0, 0.05) is 19.6 Å². The van der Waals surface area contributed by atoms with E-state index in [4.69, 9.17) is 0 Å². The van der Waals surface area contributed by atoms with Gasteiger partial charge in [0.05, 0.1) is 6.54 Å². The number of piperidine rings is 1. The fraction of sp³-hybridized carbons (Fsp3) is 0.938. The van der Waals surface area contributed by atoms with Crippen molar-refractivity contribution in [3.63, 3.8) is 0 Å². The predicted octanol–water partition coefficient (Wildman–Crippen LogP) is 2.16. The average molecular weight is 352 g/mol. The van der Waals surface area contributed by atoms with Crippen molar-refractivity contribution < 1.29 is 4.79 Å². The van der Waals surface area contributed by atoms with Gasteiger partial charge in [-0.05, 0) is 70.0 Å². The van der Waals surface area contributed by atoms with Crippen molar-refractivity contribution in [2.24, 2.45) is 11.8 Å². The van der Waals surface area contributed by atoms with Crippen LogP contribution in [0.5, 0.6) is 0 Å². The van der Waals surface area contributed by atoms with Crippen molar-refractivity contribution in [2.45, 2.75) is 38.5 Å². The van der Waals surface area contributed by atoms with E-state index in [1.54, 1.807) is 0 Å². The van der Waals surface area contributed by atoms with Crippen molar-refractivity contribution in [2.75, 3.05) is 45.8 Å². The van der Waals surface area contributed by atoms with Crippen LogP contribution in [-0.2, 0) is 4.79 Å². The molecule has 2 aliphatic heterocycles. The van der Waals surface area contributed by atoms with Gasteiger partial charge in [-0.2, -0.15) is 0 Å². The fourth-order valence-electron chi connectivity index (χ4n) is 3.51. The molecule has 0 atom stereocenters. The van der Waals surface area contributed by atoms with Gasteiger partial charge in [-0.1, -0.05) is 0 Å². The van der Waals surface area contributed by atoms with Crippen LogP contribution in [0.15, 0.2) is 0 Å². The second-order valence-corrected chi connectivity index (χ2v) is 6.91. The number of hydrogen-bond donors (Lipinski definition) is 1. The first-order valence-corrected chi connectivity index (χ1v) is 8.52. The highest BCUT2D eigenvalue weighted by molar-refractivity contribution is 5.85. The Hall–Kier alpha value is -0.0300. The van der Waals surface area contributed by atoms with E-state index < -0.39 is 0 Å². The molecule has 0 bridgehead atoms. The minimum Gasteiger partial charge on any atom is -0.342 e. The molecule has 0 unspecified atom stereocenters. The Morgan fingerprint density at radius 2 is 1.55 bits per heavy atom. The van der Waals surface area contributed by atoms with Gasteiger partial charge >= 0.3 is 0 Å².